The van der Waals surface area contributed by atoms with Crippen molar-refractivity contribution in [2.24, 2.45) is 0 Å². The molecule has 34 heavy (non-hydrogen) atoms. The van der Waals surface area contributed by atoms with Crippen molar-refractivity contribution < 1.29 is 19.0 Å². The summed E-state index contributed by atoms with van der Waals surface area (Å²) < 4.78 is 17.1. The van der Waals surface area contributed by atoms with Crippen LogP contribution >= 0.6 is 0 Å². The minimum absolute atomic E-state index is 0.138. The summed E-state index contributed by atoms with van der Waals surface area (Å²) in [4.78, 5) is 11.8. The van der Waals surface area contributed by atoms with Crippen molar-refractivity contribution in [3.63, 3.8) is 0 Å². The van der Waals surface area contributed by atoms with Crippen LogP contribution in [0.4, 0.5) is 0 Å². The van der Waals surface area contributed by atoms with E-state index in [1.54, 1.807) is 0 Å². The highest BCUT2D eigenvalue weighted by atomic mass is 16.6. The molecular formula is C30H44O4. The Kier molecular flexibility index (Phi) is 13.9. The predicted molar refractivity (Wildman–Crippen MR) is 141 cm³/mol. The lowest BCUT2D eigenvalue weighted by atomic mass is 10.1. The second-order valence-corrected chi connectivity index (χ2v) is 9.09. The third-order valence-corrected chi connectivity index (χ3v) is 5.86. The van der Waals surface area contributed by atoms with E-state index in [1.807, 2.05) is 43.3 Å². The molecular weight excluding hydrogens is 424 g/mol. The maximum atomic E-state index is 11.8. The monoisotopic (exact) mass is 468 g/mol. The summed E-state index contributed by atoms with van der Waals surface area (Å²) in [7, 11) is 0. The average Bonchev–Trinajstić information content (AvgIpc) is 2.86. The van der Waals surface area contributed by atoms with Gasteiger partial charge in [0.2, 0.25) is 0 Å². The summed E-state index contributed by atoms with van der Waals surface area (Å²) in [6.07, 6.45) is 12.2. The van der Waals surface area contributed by atoms with E-state index in [2.05, 4.69) is 26.0 Å². The van der Waals surface area contributed by atoms with Crippen molar-refractivity contribution in [3.8, 4) is 22.6 Å². The summed E-state index contributed by atoms with van der Waals surface area (Å²) in [6.45, 7) is 7.38. The molecule has 0 heterocycles. The number of carbonyl (C=O) groups is 1. The van der Waals surface area contributed by atoms with Crippen molar-refractivity contribution in [1.29, 1.82) is 0 Å². The first kappa shape index (κ1) is 27.8. The van der Waals surface area contributed by atoms with Crippen molar-refractivity contribution in [2.45, 2.75) is 97.5 Å². The Morgan fingerprint density at radius 3 is 1.85 bits per heavy atom. The third-order valence-electron chi connectivity index (χ3n) is 5.86. The zero-order valence-electron chi connectivity index (χ0n) is 21.5. The zero-order chi connectivity index (χ0) is 24.4. The molecule has 188 valence electrons. The van der Waals surface area contributed by atoms with E-state index < -0.39 is 0 Å². The van der Waals surface area contributed by atoms with Gasteiger partial charge < -0.3 is 14.2 Å². The topological polar surface area (TPSA) is 44.8 Å². The molecule has 0 spiro atoms. The van der Waals surface area contributed by atoms with Gasteiger partial charge in [-0.15, -0.1) is 0 Å². The average molecular weight is 469 g/mol. The Morgan fingerprint density at radius 2 is 1.24 bits per heavy atom. The summed E-state index contributed by atoms with van der Waals surface area (Å²) >= 11 is 0. The Morgan fingerprint density at radius 1 is 0.706 bits per heavy atom. The molecule has 0 aromatic heterocycles. The number of benzene rings is 2. The fourth-order valence-corrected chi connectivity index (χ4v) is 3.79. The molecule has 1 atom stereocenters. The lowest BCUT2D eigenvalue weighted by molar-refractivity contribution is -0.146. The van der Waals surface area contributed by atoms with Crippen LogP contribution in [0.1, 0.15) is 91.4 Å². The molecule has 0 radical (unpaired) electrons. The Labute approximate surface area is 207 Å². The zero-order valence-corrected chi connectivity index (χ0v) is 21.5. The van der Waals surface area contributed by atoms with Crippen LogP contribution in [-0.2, 0) is 9.53 Å². The quantitative estimate of drug-likeness (QED) is 0.163. The highest BCUT2D eigenvalue weighted by Crippen LogP contribution is 2.25. The lowest BCUT2D eigenvalue weighted by Gasteiger charge is -2.15. The molecule has 0 N–H and O–H groups in total. The minimum atomic E-state index is -0.187. The molecule has 4 nitrogen and oxygen atoms in total. The summed E-state index contributed by atoms with van der Waals surface area (Å²) in [5.41, 5.74) is 2.27. The van der Waals surface area contributed by atoms with Gasteiger partial charge in [0.05, 0.1) is 6.61 Å². The molecule has 4 heteroatoms. The number of hydrogen-bond donors (Lipinski definition) is 0. The van der Waals surface area contributed by atoms with E-state index in [-0.39, 0.29) is 18.7 Å². The fourth-order valence-electron chi connectivity index (χ4n) is 3.79. The van der Waals surface area contributed by atoms with Crippen molar-refractivity contribution in [2.75, 3.05) is 13.2 Å². The van der Waals surface area contributed by atoms with Gasteiger partial charge in [-0.2, -0.15) is 0 Å². The largest absolute Gasteiger partial charge is 0.494 e. The van der Waals surface area contributed by atoms with Gasteiger partial charge in [0, 0.05) is 6.42 Å². The SMILES string of the molecule is CCCCCCCCOc1ccc(-c2ccc(O[C@H](C)COC(=O)CCCCCC)cc2)cc1. The summed E-state index contributed by atoms with van der Waals surface area (Å²) in [5.74, 6) is 1.56. The van der Waals surface area contributed by atoms with Crippen LogP contribution in [0.3, 0.4) is 0 Å². The molecule has 0 fully saturated rings. The molecule has 0 aliphatic rings. The predicted octanol–water partition coefficient (Wildman–Crippen LogP) is 8.37. The van der Waals surface area contributed by atoms with Gasteiger partial charge in [-0.3, -0.25) is 4.79 Å². The van der Waals surface area contributed by atoms with Gasteiger partial charge in [0.25, 0.3) is 0 Å². The van der Waals surface area contributed by atoms with Crippen LogP contribution in [-0.4, -0.2) is 25.3 Å². The maximum Gasteiger partial charge on any atom is 0.305 e. The molecule has 2 aromatic rings. The van der Waals surface area contributed by atoms with Gasteiger partial charge in [-0.25, -0.2) is 0 Å². The first-order valence-corrected chi connectivity index (χ1v) is 13.3. The molecule has 2 rings (SSSR count). The van der Waals surface area contributed by atoms with E-state index in [9.17, 15) is 4.79 Å². The number of esters is 1. The molecule has 0 bridgehead atoms. The van der Waals surface area contributed by atoms with Crippen molar-refractivity contribution in [3.05, 3.63) is 48.5 Å². The highest BCUT2D eigenvalue weighted by molar-refractivity contribution is 5.69. The summed E-state index contributed by atoms with van der Waals surface area (Å²) in [6, 6.07) is 16.3. The normalized spacial score (nSPS) is 11.7. The first-order valence-electron chi connectivity index (χ1n) is 13.3. The number of rotatable bonds is 18. The van der Waals surface area contributed by atoms with E-state index in [0.29, 0.717) is 6.42 Å². The summed E-state index contributed by atoms with van der Waals surface area (Å²) in [5, 5.41) is 0. The third kappa shape index (κ3) is 11.6. The van der Waals surface area contributed by atoms with E-state index in [1.165, 1.54) is 38.5 Å². The van der Waals surface area contributed by atoms with Crippen molar-refractivity contribution in [1.82, 2.24) is 0 Å². The van der Waals surface area contributed by atoms with Gasteiger partial charge in [0.1, 0.15) is 24.2 Å². The van der Waals surface area contributed by atoms with E-state index >= 15 is 0 Å². The van der Waals surface area contributed by atoms with Crippen LogP contribution < -0.4 is 9.47 Å². The second kappa shape index (κ2) is 17.0. The van der Waals surface area contributed by atoms with E-state index in [4.69, 9.17) is 14.2 Å². The van der Waals surface area contributed by atoms with Crippen LogP contribution in [0.25, 0.3) is 11.1 Å². The number of ether oxygens (including phenoxy) is 3. The van der Waals surface area contributed by atoms with Gasteiger partial charge >= 0.3 is 5.97 Å². The van der Waals surface area contributed by atoms with Crippen LogP contribution in [0.5, 0.6) is 11.5 Å². The smallest absolute Gasteiger partial charge is 0.305 e. The molecule has 0 unspecified atom stereocenters. The van der Waals surface area contributed by atoms with E-state index in [0.717, 1.165) is 54.9 Å². The molecule has 0 aliphatic carbocycles. The minimum Gasteiger partial charge on any atom is -0.494 e. The molecule has 2 aromatic carbocycles. The first-order chi connectivity index (χ1) is 16.6. The standard InChI is InChI=1S/C30H44O4/c1-4-6-8-10-11-13-23-32-28-19-15-26(16-20-28)27-17-21-29(22-18-27)34-25(3)24-33-30(31)14-12-9-7-5-2/h15-22,25H,4-14,23-24H2,1-3H3/t25-/m1/s1. The molecule has 0 saturated carbocycles. The number of unbranched alkanes of at least 4 members (excludes halogenated alkanes) is 8. The van der Waals surface area contributed by atoms with Gasteiger partial charge in [0.15, 0.2) is 0 Å². The van der Waals surface area contributed by atoms with Crippen LogP contribution in [0, 0.1) is 0 Å². The van der Waals surface area contributed by atoms with Crippen LogP contribution in [0.2, 0.25) is 0 Å². The van der Waals surface area contributed by atoms with Crippen molar-refractivity contribution >= 4 is 5.97 Å². The fraction of sp³-hybridized carbons (Fsp3) is 0.567. The van der Waals surface area contributed by atoms with Crippen LogP contribution in [0.15, 0.2) is 48.5 Å². The Bertz CT molecular complexity index is 782. The lowest BCUT2D eigenvalue weighted by Crippen LogP contribution is -2.21. The van der Waals surface area contributed by atoms with Gasteiger partial charge in [-0.1, -0.05) is 89.5 Å². The van der Waals surface area contributed by atoms with Gasteiger partial charge in [-0.05, 0) is 55.2 Å². The highest BCUT2D eigenvalue weighted by Gasteiger charge is 2.09. The number of hydrogen-bond acceptors (Lipinski definition) is 4. The maximum absolute atomic E-state index is 11.8. The molecule has 0 amide bonds. The number of carbonyl (C=O) groups excluding carboxylic acids is 1. The molecule has 0 saturated heterocycles. The second-order valence-electron chi connectivity index (χ2n) is 9.09. The molecule has 0 aliphatic heterocycles. The Balaban J connectivity index is 1.69. The Hall–Kier alpha value is -2.49.